The zero-order valence-corrected chi connectivity index (χ0v) is 4.59. The first-order valence-corrected chi connectivity index (χ1v) is 2.44. The van der Waals surface area contributed by atoms with E-state index in [2.05, 4.69) is 20.0 Å². The first-order valence-electron chi connectivity index (χ1n) is 2.44. The molecule has 0 spiro atoms. The molecule has 0 aliphatic rings. The molecule has 0 bridgehead atoms. The molecule has 4 nitrogen and oxygen atoms in total. The van der Waals surface area contributed by atoms with Gasteiger partial charge in [-0.1, -0.05) is 5.16 Å². The smallest absolute Gasteiger partial charge is 0.321 e. The number of aromatic nitrogens is 2. The molecule has 0 aromatic carbocycles. The largest absolute Gasteiger partial charge is 0.338 e. The summed E-state index contributed by atoms with van der Waals surface area (Å²) in [5.41, 5.74) is 0. The van der Waals surface area contributed by atoms with Gasteiger partial charge in [0.2, 0.25) is 0 Å². The Bertz CT molecular complexity index is 137. The summed E-state index contributed by atoms with van der Waals surface area (Å²) < 4.78 is 4.60. The van der Waals surface area contributed by atoms with E-state index in [1.54, 1.807) is 0 Å². The highest BCUT2D eigenvalue weighted by Gasteiger charge is 1.89. The van der Waals surface area contributed by atoms with Gasteiger partial charge >= 0.3 is 6.01 Å². The van der Waals surface area contributed by atoms with E-state index >= 15 is 0 Å². The van der Waals surface area contributed by atoms with E-state index < -0.39 is 0 Å². The highest BCUT2D eigenvalue weighted by atomic mass is 16.5. The predicted molar refractivity (Wildman–Crippen MR) is 28.5 cm³/mol. The van der Waals surface area contributed by atoms with E-state index in [0.29, 0.717) is 6.01 Å². The quantitative estimate of drug-likeness (QED) is 0.606. The van der Waals surface area contributed by atoms with Crippen molar-refractivity contribution in [3.05, 3.63) is 6.33 Å². The van der Waals surface area contributed by atoms with Crippen LogP contribution < -0.4 is 5.32 Å². The van der Waals surface area contributed by atoms with Crippen molar-refractivity contribution in [2.24, 2.45) is 0 Å². The summed E-state index contributed by atoms with van der Waals surface area (Å²) in [6.45, 7) is 2.77. The second-order valence-electron chi connectivity index (χ2n) is 1.28. The highest BCUT2D eigenvalue weighted by molar-refractivity contribution is 5.14. The number of nitrogens with one attached hydrogen (secondary N) is 1. The third-order valence-electron chi connectivity index (χ3n) is 0.689. The molecule has 0 radical (unpaired) electrons. The highest BCUT2D eigenvalue weighted by Crippen LogP contribution is 1.94. The van der Waals surface area contributed by atoms with Crippen molar-refractivity contribution in [2.75, 3.05) is 11.9 Å². The molecule has 0 saturated heterocycles. The van der Waals surface area contributed by atoms with E-state index in [4.69, 9.17) is 0 Å². The minimum absolute atomic E-state index is 0.479. The molecule has 0 saturated carbocycles. The number of hydrogen-bond acceptors (Lipinski definition) is 4. The number of hydrogen-bond donors (Lipinski definition) is 1. The maximum Gasteiger partial charge on any atom is 0.321 e. The maximum absolute atomic E-state index is 4.60. The van der Waals surface area contributed by atoms with E-state index in [0.717, 1.165) is 6.54 Å². The van der Waals surface area contributed by atoms with Crippen molar-refractivity contribution in [3.8, 4) is 0 Å². The first-order chi connectivity index (χ1) is 3.93. The monoisotopic (exact) mass is 113 g/mol. The molecule has 0 amide bonds. The molecular formula is C4H7N3O. The van der Waals surface area contributed by atoms with Gasteiger partial charge in [-0.25, -0.2) is 0 Å². The minimum atomic E-state index is 0.479. The van der Waals surface area contributed by atoms with Crippen LogP contribution in [0.2, 0.25) is 0 Å². The van der Waals surface area contributed by atoms with Gasteiger partial charge in [-0.15, -0.1) is 0 Å². The van der Waals surface area contributed by atoms with Gasteiger partial charge in [0.1, 0.15) is 0 Å². The van der Waals surface area contributed by atoms with Crippen LogP contribution in [-0.4, -0.2) is 16.7 Å². The molecule has 0 unspecified atom stereocenters. The summed E-state index contributed by atoms with van der Waals surface area (Å²) in [5.74, 6) is 0. The lowest BCUT2D eigenvalue weighted by Crippen LogP contribution is -1.95. The molecule has 8 heavy (non-hydrogen) atoms. The fraction of sp³-hybridized carbons (Fsp3) is 0.500. The second kappa shape index (κ2) is 2.30. The van der Waals surface area contributed by atoms with Crippen molar-refractivity contribution in [1.29, 1.82) is 0 Å². The Balaban J connectivity index is 2.50. The van der Waals surface area contributed by atoms with Crippen LogP contribution in [0, 0.1) is 0 Å². The fourth-order valence-corrected chi connectivity index (χ4v) is 0.402. The van der Waals surface area contributed by atoms with Crippen molar-refractivity contribution in [1.82, 2.24) is 10.1 Å². The fourth-order valence-electron chi connectivity index (χ4n) is 0.402. The van der Waals surface area contributed by atoms with Gasteiger partial charge in [0.05, 0.1) is 0 Å². The normalized spacial score (nSPS) is 9.12. The molecule has 4 heteroatoms. The van der Waals surface area contributed by atoms with Gasteiger partial charge in [-0.3, -0.25) is 0 Å². The Morgan fingerprint density at radius 3 is 3.25 bits per heavy atom. The molecule has 1 aromatic rings. The van der Waals surface area contributed by atoms with Crippen LogP contribution in [-0.2, 0) is 0 Å². The summed E-state index contributed by atoms with van der Waals surface area (Å²) in [6.07, 6.45) is 1.36. The Labute approximate surface area is 46.9 Å². The van der Waals surface area contributed by atoms with Crippen molar-refractivity contribution < 1.29 is 4.52 Å². The topological polar surface area (TPSA) is 51.0 Å². The third kappa shape index (κ3) is 0.959. The molecular weight excluding hydrogens is 106 g/mol. The molecule has 1 N–H and O–H groups in total. The van der Waals surface area contributed by atoms with Crippen LogP contribution in [0.25, 0.3) is 0 Å². The lowest BCUT2D eigenvalue weighted by Gasteiger charge is -1.88. The summed E-state index contributed by atoms with van der Waals surface area (Å²) in [5, 5.41) is 6.24. The zero-order valence-electron chi connectivity index (χ0n) is 4.59. The Kier molecular flexibility index (Phi) is 1.46. The van der Waals surface area contributed by atoms with Gasteiger partial charge < -0.3 is 9.84 Å². The summed E-state index contributed by atoms with van der Waals surface area (Å²) in [6, 6.07) is 0.479. The maximum atomic E-state index is 4.60. The van der Waals surface area contributed by atoms with Gasteiger partial charge in [0.25, 0.3) is 0 Å². The lowest BCUT2D eigenvalue weighted by atomic mass is 10.8. The average molecular weight is 113 g/mol. The van der Waals surface area contributed by atoms with Crippen LogP contribution in [0.4, 0.5) is 6.01 Å². The van der Waals surface area contributed by atoms with E-state index in [9.17, 15) is 0 Å². The summed E-state index contributed by atoms with van der Waals surface area (Å²) >= 11 is 0. The molecule has 1 heterocycles. The van der Waals surface area contributed by atoms with Crippen LogP contribution in [0.5, 0.6) is 0 Å². The molecule has 0 aliphatic carbocycles. The Morgan fingerprint density at radius 2 is 2.75 bits per heavy atom. The number of rotatable bonds is 2. The van der Waals surface area contributed by atoms with Gasteiger partial charge in [0.15, 0.2) is 6.33 Å². The molecule has 1 aromatic heterocycles. The van der Waals surface area contributed by atoms with Crippen molar-refractivity contribution >= 4 is 6.01 Å². The predicted octanol–water partition coefficient (Wildman–Crippen LogP) is 0.501. The van der Waals surface area contributed by atoms with Crippen molar-refractivity contribution in [3.63, 3.8) is 0 Å². The van der Waals surface area contributed by atoms with Crippen LogP contribution >= 0.6 is 0 Å². The minimum Gasteiger partial charge on any atom is -0.338 e. The van der Waals surface area contributed by atoms with Gasteiger partial charge in [-0.05, 0) is 6.92 Å². The molecule has 0 fully saturated rings. The van der Waals surface area contributed by atoms with E-state index in [1.165, 1.54) is 6.33 Å². The molecule has 0 aliphatic heterocycles. The molecule has 0 atom stereocenters. The zero-order chi connectivity index (χ0) is 5.82. The summed E-state index contributed by atoms with van der Waals surface area (Å²) in [4.78, 5) is 3.72. The Hall–Kier alpha value is -1.06. The lowest BCUT2D eigenvalue weighted by molar-refractivity contribution is 0.430. The first kappa shape index (κ1) is 5.08. The van der Waals surface area contributed by atoms with E-state index in [1.807, 2.05) is 6.92 Å². The molecule has 1 rings (SSSR count). The van der Waals surface area contributed by atoms with Crippen LogP contribution in [0.1, 0.15) is 6.92 Å². The average Bonchev–Trinajstić information content (AvgIpc) is 2.19. The Morgan fingerprint density at radius 1 is 1.88 bits per heavy atom. The third-order valence-corrected chi connectivity index (χ3v) is 0.689. The van der Waals surface area contributed by atoms with Crippen LogP contribution in [0.15, 0.2) is 10.9 Å². The van der Waals surface area contributed by atoms with E-state index in [-0.39, 0.29) is 0 Å². The van der Waals surface area contributed by atoms with Gasteiger partial charge in [-0.2, -0.15) is 4.98 Å². The van der Waals surface area contributed by atoms with Gasteiger partial charge in [0, 0.05) is 6.54 Å². The van der Waals surface area contributed by atoms with Crippen molar-refractivity contribution in [2.45, 2.75) is 6.92 Å². The number of nitrogens with zero attached hydrogens (tertiary/aromatic N) is 2. The SMILES string of the molecule is CCNc1ncno1. The number of anilines is 1. The standard InChI is InChI=1S/C4H7N3O/c1-2-5-4-6-3-7-8-4/h3H,2H2,1H3,(H,5,6,7). The van der Waals surface area contributed by atoms with Crippen LogP contribution in [0.3, 0.4) is 0 Å². The summed E-state index contributed by atoms with van der Waals surface area (Å²) in [7, 11) is 0. The second-order valence-corrected chi connectivity index (χ2v) is 1.28. The molecule has 44 valence electrons.